The van der Waals surface area contributed by atoms with Crippen LogP contribution in [0.4, 0.5) is 0 Å². The Kier molecular flexibility index (Phi) is 47.0. The SMILES string of the molecule is C.C.CCCC(=O)C(C)C(=O)OCC.CCCC(=O)CC(=O)OCC.O=C=O.O=C=O. The fraction of sp³-hybridized carbons (Fsp3) is 0.714. The van der Waals surface area contributed by atoms with Gasteiger partial charge in [-0.15, -0.1) is 0 Å². The summed E-state index contributed by atoms with van der Waals surface area (Å²) in [6.45, 7) is 9.55. The second-order valence-corrected chi connectivity index (χ2v) is 5.13. The molecule has 10 nitrogen and oxygen atoms in total. The molecule has 0 rings (SSSR count). The van der Waals surface area contributed by atoms with Gasteiger partial charge in [-0.1, -0.05) is 28.7 Å². The molecular weight excluding hydrogens is 412 g/mol. The Morgan fingerprint density at radius 1 is 0.742 bits per heavy atom. The van der Waals surface area contributed by atoms with Crippen LogP contribution in [0, 0.1) is 5.92 Å². The van der Waals surface area contributed by atoms with Gasteiger partial charge in [0.15, 0.2) is 0 Å². The van der Waals surface area contributed by atoms with Crippen molar-refractivity contribution in [1.29, 1.82) is 0 Å². The van der Waals surface area contributed by atoms with E-state index in [2.05, 4.69) is 4.74 Å². The van der Waals surface area contributed by atoms with Crippen LogP contribution >= 0.6 is 0 Å². The summed E-state index contributed by atoms with van der Waals surface area (Å²) in [4.78, 5) is 76.2. The number of esters is 2. The van der Waals surface area contributed by atoms with E-state index in [9.17, 15) is 19.2 Å². The third-order valence-corrected chi connectivity index (χ3v) is 2.80. The van der Waals surface area contributed by atoms with E-state index in [1.54, 1.807) is 20.8 Å². The minimum Gasteiger partial charge on any atom is -0.466 e. The van der Waals surface area contributed by atoms with Gasteiger partial charge >= 0.3 is 24.2 Å². The number of hydrogen-bond donors (Lipinski definition) is 0. The van der Waals surface area contributed by atoms with Crippen LogP contribution in [0.1, 0.15) is 81.6 Å². The molecule has 0 heterocycles. The number of rotatable bonds is 10. The first-order valence-electron chi connectivity index (χ1n) is 9.02. The third kappa shape index (κ3) is 38.3. The smallest absolute Gasteiger partial charge is 0.373 e. The first kappa shape index (κ1) is 42.2. The quantitative estimate of drug-likeness (QED) is 0.358. The molecule has 0 aliphatic carbocycles. The molecule has 0 bridgehead atoms. The van der Waals surface area contributed by atoms with Crippen LogP contribution in [-0.4, -0.2) is 49.0 Å². The van der Waals surface area contributed by atoms with Crippen LogP contribution in [0.15, 0.2) is 0 Å². The van der Waals surface area contributed by atoms with E-state index in [1.807, 2.05) is 13.8 Å². The Labute approximate surface area is 185 Å². The highest BCUT2D eigenvalue weighted by atomic mass is 16.5. The van der Waals surface area contributed by atoms with Crippen molar-refractivity contribution in [3.05, 3.63) is 0 Å². The molecule has 0 saturated carbocycles. The minimum atomic E-state index is -0.593. The van der Waals surface area contributed by atoms with Crippen LogP contribution in [-0.2, 0) is 47.8 Å². The van der Waals surface area contributed by atoms with E-state index in [0.29, 0.717) is 26.1 Å². The van der Waals surface area contributed by atoms with E-state index >= 15 is 0 Å². The lowest BCUT2D eigenvalue weighted by Crippen LogP contribution is -2.22. The molecule has 0 aromatic heterocycles. The van der Waals surface area contributed by atoms with Crippen molar-refractivity contribution in [3.8, 4) is 0 Å². The summed E-state index contributed by atoms with van der Waals surface area (Å²) in [5.41, 5.74) is 0. The molecule has 0 spiro atoms. The maximum absolute atomic E-state index is 11.2. The molecule has 0 fully saturated rings. The number of carbonyl (C=O) groups is 4. The zero-order valence-electron chi connectivity index (χ0n) is 17.6. The van der Waals surface area contributed by atoms with E-state index in [-0.39, 0.29) is 45.1 Å². The molecule has 0 N–H and O–H groups in total. The number of ketones is 2. The molecule has 0 aliphatic rings. The van der Waals surface area contributed by atoms with E-state index < -0.39 is 17.9 Å². The summed E-state index contributed by atoms with van der Waals surface area (Å²) in [5.74, 6) is -1.48. The standard InChI is InChI=1S/C9H16O3.C8H14O3.2CO2.2CH4/c1-4-6-8(10)7(3)9(11)12-5-2;1-3-5-7(9)6-8(10)11-4-2;2*2-1-3;;/h7H,4-6H2,1-3H3;3-6H2,1-2H3;;;2*1H4. The zero-order chi connectivity index (χ0) is 23.7. The fourth-order valence-electron chi connectivity index (χ4n) is 1.60. The molecule has 31 heavy (non-hydrogen) atoms. The Hall–Kier alpha value is -2.96. The molecule has 1 atom stereocenters. The van der Waals surface area contributed by atoms with Gasteiger partial charge in [0.05, 0.1) is 13.2 Å². The van der Waals surface area contributed by atoms with Gasteiger partial charge in [0.1, 0.15) is 23.9 Å². The molecule has 1 unspecified atom stereocenters. The Bertz CT molecular complexity index is 482. The molecule has 0 radical (unpaired) electrons. The fourth-order valence-corrected chi connectivity index (χ4v) is 1.60. The van der Waals surface area contributed by atoms with Crippen molar-refractivity contribution in [2.45, 2.75) is 81.6 Å². The van der Waals surface area contributed by atoms with Crippen molar-refractivity contribution in [2.24, 2.45) is 5.92 Å². The Morgan fingerprint density at radius 3 is 1.45 bits per heavy atom. The number of Topliss-reactive ketones (excluding diaryl/α,β-unsaturated/α-hetero) is 2. The molecule has 0 aromatic carbocycles. The summed E-state index contributed by atoms with van der Waals surface area (Å²) < 4.78 is 9.31. The molecule has 0 aromatic rings. The van der Waals surface area contributed by atoms with Gasteiger partial charge in [-0.2, -0.15) is 19.2 Å². The topological polar surface area (TPSA) is 155 Å². The van der Waals surface area contributed by atoms with Gasteiger partial charge in [0.25, 0.3) is 0 Å². The van der Waals surface area contributed by atoms with E-state index in [0.717, 1.165) is 12.8 Å². The van der Waals surface area contributed by atoms with E-state index in [1.165, 1.54) is 0 Å². The van der Waals surface area contributed by atoms with Gasteiger partial charge < -0.3 is 9.47 Å². The van der Waals surface area contributed by atoms with Gasteiger partial charge in [0.2, 0.25) is 0 Å². The zero-order valence-corrected chi connectivity index (χ0v) is 17.6. The second kappa shape index (κ2) is 34.5. The number of ether oxygens (including phenoxy) is 2. The normalized spacial score (nSPS) is 8.55. The highest BCUT2D eigenvalue weighted by Crippen LogP contribution is 2.05. The van der Waals surface area contributed by atoms with Crippen LogP contribution in [0.3, 0.4) is 0 Å². The molecular formula is C21H38O10. The van der Waals surface area contributed by atoms with Crippen molar-refractivity contribution < 1.29 is 47.8 Å². The summed E-state index contributed by atoms with van der Waals surface area (Å²) in [5, 5.41) is 0. The lowest BCUT2D eigenvalue weighted by Gasteiger charge is -2.07. The molecule has 0 amide bonds. The summed E-state index contributed by atoms with van der Waals surface area (Å²) in [6.07, 6.45) is 2.93. The number of hydrogen-bond acceptors (Lipinski definition) is 10. The predicted molar refractivity (Wildman–Crippen MR) is 110 cm³/mol. The first-order chi connectivity index (χ1) is 13.7. The summed E-state index contributed by atoms with van der Waals surface area (Å²) in [6, 6.07) is 0. The maximum Gasteiger partial charge on any atom is 0.373 e. The lowest BCUT2D eigenvalue weighted by atomic mass is 10.0. The molecule has 182 valence electrons. The highest BCUT2D eigenvalue weighted by Gasteiger charge is 2.21. The number of carbonyl (C=O) groups excluding carboxylic acids is 8. The molecule has 0 saturated heterocycles. The van der Waals surface area contributed by atoms with Crippen LogP contribution < -0.4 is 0 Å². The highest BCUT2D eigenvalue weighted by molar-refractivity contribution is 5.98. The maximum atomic E-state index is 11.2. The molecule has 0 aliphatic heterocycles. The summed E-state index contributed by atoms with van der Waals surface area (Å²) in [7, 11) is 0. The largest absolute Gasteiger partial charge is 0.466 e. The average Bonchev–Trinajstić information content (AvgIpc) is 2.63. The van der Waals surface area contributed by atoms with Gasteiger partial charge in [-0.3, -0.25) is 19.2 Å². The Balaban J connectivity index is -0.0000000764. The third-order valence-electron chi connectivity index (χ3n) is 2.80. The first-order valence-corrected chi connectivity index (χ1v) is 9.02. The predicted octanol–water partition coefficient (Wildman–Crippen LogP) is 2.97. The second-order valence-electron chi connectivity index (χ2n) is 5.13. The van der Waals surface area contributed by atoms with Crippen molar-refractivity contribution in [1.82, 2.24) is 0 Å². The monoisotopic (exact) mass is 450 g/mol. The van der Waals surface area contributed by atoms with Crippen molar-refractivity contribution >= 4 is 35.8 Å². The molecule has 10 heteroatoms. The van der Waals surface area contributed by atoms with Crippen LogP contribution in [0.2, 0.25) is 0 Å². The average molecular weight is 451 g/mol. The summed E-state index contributed by atoms with van der Waals surface area (Å²) >= 11 is 0. The van der Waals surface area contributed by atoms with Crippen molar-refractivity contribution in [2.75, 3.05) is 13.2 Å². The van der Waals surface area contributed by atoms with Crippen LogP contribution in [0.5, 0.6) is 0 Å². The van der Waals surface area contributed by atoms with Crippen LogP contribution in [0.25, 0.3) is 0 Å². The van der Waals surface area contributed by atoms with Gasteiger partial charge in [0, 0.05) is 12.8 Å². The minimum absolute atomic E-state index is 0. The Morgan fingerprint density at radius 2 is 1.13 bits per heavy atom. The van der Waals surface area contributed by atoms with Crippen molar-refractivity contribution in [3.63, 3.8) is 0 Å². The lowest BCUT2D eigenvalue weighted by molar-refractivity contribution is -0.193. The van der Waals surface area contributed by atoms with Gasteiger partial charge in [-0.25, -0.2) is 0 Å². The van der Waals surface area contributed by atoms with E-state index in [4.69, 9.17) is 23.9 Å². The van der Waals surface area contributed by atoms with Gasteiger partial charge in [-0.05, 0) is 33.6 Å².